The Balaban J connectivity index is 2.68. The zero-order valence-electron chi connectivity index (χ0n) is 12.1. The van der Waals surface area contributed by atoms with E-state index >= 15 is 0 Å². The Morgan fingerprint density at radius 3 is 2.58 bits per heavy atom. The second-order valence-electron chi connectivity index (χ2n) is 4.91. The molecule has 0 atom stereocenters. The monoisotopic (exact) mass is 285 g/mol. The van der Waals surface area contributed by atoms with Gasteiger partial charge in [-0.25, -0.2) is 8.42 Å². The molecule has 108 valence electrons. The first-order valence-corrected chi connectivity index (χ1v) is 8.17. The van der Waals surface area contributed by atoms with Gasteiger partial charge in [-0.2, -0.15) is 0 Å². The molecule has 5 heteroatoms. The summed E-state index contributed by atoms with van der Waals surface area (Å²) in [7, 11) is -1.17. The number of hydrogen-bond acceptors (Lipinski definition) is 4. The van der Waals surface area contributed by atoms with Crippen LogP contribution in [0.4, 0.5) is 0 Å². The number of rotatable bonds is 7. The van der Waals surface area contributed by atoms with Crippen molar-refractivity contribution in [2.45, 2.75) is 32.6 Å². The largest absolute Gasteiger partial charge is 0.492 e. The second-order valence-corrected chi connectivity index (χ2v) is 7.58. The highest BCUT2D eigenvalue weighted by Crippen LogP contribution is 2.20. The van der Waals surface area contributed by atoms with Crippen LogP contribution in [0.2, 0.25) is 0 Å². The summed E-state index contributed by atoms with van der Waals surface area (Å²) in [6, 6.07) is 5.90. The van der Waals surface area contributed by atoms with E-state index in [0.29, 0.717) is 6.54 Å². The number of ether oxygens (including phenoxy) is 1. The van der Waals surface area contributed by atoms with E-state index in [4.69, 9.17) is 4.74 Å². The Hall–Kier alpha value is -1.07. The molecule has 0 unspecified atom stereocenters. The van der Waals surface area contributed by atoms with Crippen molar-refractivity contribution in [2.75, 3.05) is 19.4 Å². The third-order valence-electron chi connectivity index (χ3n) is 2.93. The lowest BCUT2D eigenvalue weighted by atomic mass is 10.1. The maximum atomic E-state index is 11.7. The Morgan fingerprint density at radius 2 is 2.00 bits per heavy atom. The van der Waals surface area contributed by atoms with Crippen molar-refractivity contribution in [2.24, 2.45) is 0 Å². The van der Waals surface area contributed by atoms with Crippen molar-refractivity contribution < 1.29 is 13.2 Å². The van der Waals surface area contributed by atoms with Crippen LogP contribution in [0.5, 0.6) is 5.75 Å². The van der Waals surface area contributed by atoms with Gasteiger partial charge >= 0.3 is 0 Å². The standard InChI is InChI=1S/C14H23NO3S/c1-11(2)19(16,17)8-7-18-14-6-5-12(3)9-13(14)10-15-4/h5-6,9,11,15H,7-8,10H2,1-4H3. The lowest BCUT2D eigenvalue weighted by molar-refractivity contribution is 0.336. The van der Waals surface area contributed by atoms with Gasteiger partial charge in [0.15, 0.2) is 9.84 Å². The van der Waals surface area contributed by atoms with Crippen LogP contribution in [0, 0.1) is 6.92 Å². The first-order chi connectivity index (χ1) is 8.86. The Bertz CT molecular complexity index is 509. The number of benzene rings is 1. The molecule has 0 fully saturated rings. The minimum atomic E-state index is -3.04. The molecule has 0 amide bonds. The average molecular weight is 285 g/mol. The third-order valence-corrected chi connectivity index (χ3v) is 5.10. The molecule has 0 radical (unpaired) electrons. The van der Waals surface area contributed by atoms with Gasteiger partial charge in [0.25, 0.3) is 0 Å². The maximum absolute atomic E-state index is 11.7. The highest BCUT2D eigenvalue weighted by atomic mass is 32.2. The van der Waals surface area contributed by atoms with Crippen molar-refractivity contribution in [3.05, 3.63) is 29.3 Å². The molecule has 1 rings (SSSR count). The molecule has 0 spiro atoms. The summed E-state index contributed by atoms with van der Waals surface area (Å²) in [4.78, 5) is 0. The van der Waals surface area contributed by atoms with Gasteiger partial charge in [0.05, 0.1) is 11.0 Å². The molecule has 19 heavy (non-hydrogen) atoms. The molecular formula is C14H23NO3S. The van der Waals surface area contributed by atoms with Gasteiger partial charge in [-0.1, -0.05) is 17.7 Å². The van der Waals surface area contributed by atoms with Gasteiger partial charge in [-0.05, 0) is 33.9 Å². The van der Waals surface area contributed by atoms with E-state index in [2.05, 4.69) is 5.32 Å². The first kappa shape index (κ1) is 16.0. The fraction of sp³-hybridized carbons (Fsp3) is 0.571. The number of nitrogens with one attached hydrogen (secondary N) is 1. The molecule has 0 heterocycles. The third kappa shape index (κ3) is 4.84. The minimum absolute atomic E-state index is 0.0531. The Kier molecular flexibility index (Phi) is 5.82. The molecule has 0 bridgehead atoms. The molecule has 0 aromatic heterocycles. The maximum Gasteiger partial charge on any atom is 0.155 e. The zero-order valence-corrected chi connectivity index (χ0v) is 12.9. The van der Waals surface area contributed by atoms with Crippen LogP contribution in [0.25, 0.3) is 0 Å². The summed E-state index contributed by atoms with van der Waals surface area (Å²) in [5, 5.41) is 2.72. The van der Waals surface area contributed by atoms with Crippen LogP contribution in [-0.2, 0) is 16.4 Å². The normalized spacial score (nSPS) is 11.8. The van der Waals surface area contributed by atoms with Gasteiger partial charge < -0.3 is 10.1 Å². The van der Waals surface area contributed by atoms with Gasteiger partial charge in [-0.3, -0.25) is 0 Å². The predicted molar refractivity (Wildman–Crippen MR) is 78.4 cm³/mol. The predicted octanol–water partition coefficient (Wildman–Crippen LogP) is 1.92. The lowest BCUT2D eigenvalue weighted by Gasteiger charge is -2.13. The number of aryl methyl sites for hydroxylation is 1. The molecular weight excluding hydrogens is 262 g/mol. The molecule has 0 saturated carbocycles. The summed E-state index contributed by atoms with van der Waals surface area (Å²) in [5.74, 6) is 0.802. The SMILES string of the molecule is CNCc1cc(C)ccc1OCCS(=O)(=O)C(C)C. The average Bonchev–Trinajstić information content (AvgIpc) is 2.32. The number of sulfone groups is 1. The molecule has 4 nitrogen and oxygen atoms in total. The molecule has 0 aliphatic heterocycles. The molecule has 0 aliphatic carbocycles. The van der Waals surface area contributed by atoms with Crippen molar-refractivity contribution in [1.29, 1.82) is 0 Å². The van der Waals surface area contributed by atoms with Crippen molar-refractivity contribution >= 4 is 9.84 Å². The van der Waals surface area contributed by atoms with E-state index in [9.17, 15) is 8.42 Å². The van der Waals surface area contributed by atoms with E-state index in [-0.39, 0.29) is 17.6 Å². The lowest BCUT2D eigenvalue weighted by Crippen LogP contribution is -2.22. The van der Waals surface area contributed by atoms with Crippen molar-refractivity contribution in [1.82, 2.24) is 5.32 Å². The van der Waals surface area contributed by atoms with Gasteiger partial charge in [0.1, 0.15) is 12.4 Å². The quantitative estimate of drug-likeness (QED) is 0.831. The van der Waals surface area contributed by atoms with Crippen LogP contribution in [0.3, 0.4) is 0 Å². The van der Waals surface area contributed by atoms with Gasteiger partial charge in [0.2, 0.25) is 0 Å². The Labute approximate surface area is 116 Å². The van der Waals surface area contributed by atoms with E-state index in [1.54, 1.807) is 13.8 Å². The fourth-order valence-electron chi connectivity index (χ4n) is 1.68. The van der Waals surface area contributed by atoms with Crippen LogP contribution in [0.15, 0.2) is 18.2 Å². The van der Waals surface area contributed by atoms with Gasteiger partial charge in [-0.15, -0.1) is 0 Å². The van der Waals surface area contributed by atoms with E-state index in [0.717, 1.165) is 16.9 Å². The topological polar surface area (TPSA) is 55.4 Å². The Morgan fingerprint density at radius 1 is 1.32 bits per heavy atom. The molecule has 0 saturated heterocycles. The minimum Gasteiger partial charge on any atom is -0.492 e. The first-order valence-electron chi connectivity index (χ1n) is 6.45. The van der Waals surface area contributed by atoms with Crippen LogP contribution >= 0.6 is 0 Å². The van der Waals surface area contributed by atoms with Crippen LogP contribution in [0.1, 0.15) is 25.0 Å². The highest BCUT2D eigenvalue weighted by molar-refractivity contribution is 7.91. The highest BCUT2D eigenvalue weighted by Gasteiger charge is 2.16. The summed E-state index contributed by atoms with van der Waals surface area (Å²) >= 11 is 0. The number of hydrogen-bond donors (Lipinski definition) is 1. The van der Waals surface area contributed by atoms with Gasteiger partial charge in [0, 0.05) is 12.1 Å². The molecule has 1 aromatic rings. The molecule has 1 aromatic carbocycles. The molecule has 0 aliphatic rings. The summed E-state index contributed by atoms with van der Waals surface area (Å²) in [5.41, 5.74) is 2.21. The second kappa shape index (κ2) is 6.91. The fourth-order valence-corrected chi connectivity index (χ4v) is 2.47. The van der Waals surface area contributed by atoms with E-state index < -0.39 is 9.84 Å². The smallest absolute Gasteiger partial charge is 0.155 e. The molecule has 1 N–H and O–H groups in total. The van der Waals surface area contributed by atoms with Crippen LogP contribution < -0.4 is 10.1 Å². The van der Waals surface area contributed by atoms with E-state index in [1.807, 2.05) is 32.2 Å². The van der Waals surface area contributed by atoms with Crippen LogP contribution in [-0.4, -0.2) is 33.1 Å². The summed E-state index contributed by atoms with van der Waals surface area (Å²) < 4.78 is 29.0. The summed E-state index contributed by atoms with van der Waals surface area (Å²) in [6.07, 6.45) is 0. The summed E-state index contributed by atoms with van der Waals surface area (Å²) in [6.45, 7) is 6.29. The van der Waals surface area contributed by atoms with Crippen molar-refractivity contribution in [3.8, 4) is 5.75 Å². The van der Waals surface area contributed by atoms with Crippen molar-refractivity contribution in [3.63, 3.8) is 0 Å². The zero-order chi connectivity index (χ0) is 14.5. The van der Waals surface area contributed by atoms with E-state index in [1.165, 1.54) is 0 Å².